The number of hydrogen-bond acceptors (Lipinski definition) is 2. The highest BCUT2D eigenvalue weighted by Crippen LogP contribution is 2.45. The molecule has 4 heteroatoms. The Balaban J connectivity index is 2.45. The van der Waals surface area contributed by atoms with Crippen LogP contribution in [0, 0.1) is 5.92 Å². The second-order valence-electron chi connectivity index (χ2n) is 4.20. The number of carbonyl (C=O) groups excluding carboxylic acids is 1. The first kappa shape index (κ1) is 11.4. The monoisotopic (exact) mass is 238 g/mol. The Morgan fingerprint density at radius 2 is 2.00 bits per heavy atom. The van der Waals surface area contributed by atoms with Gasteiger partial charge in [0.2, 0.25) is 5.91 Å². The normalized spacial score (nSPS) is 19.1. The standard InChI is InChI=1S/C12H15ClN2O/c1-15-12(11(14)16,8-2-3-8)9-4-6-10(13)7-5-9/h4-8,15H,2-3H2,1H3,(H2,14,16). The summed E-state index contributed by atoms with van der Waals surface area (Å²) in [5, 5.41) is 3.76. The van der Waals surface area contributed by atoms with E-state index in [9.17, 15) is 4.79 Å². The number of halogens is 1. The van der Waals surface area contributed by atoms with Crippen LogP contribution in [0.2, 0.25) is 5.02 Å². The third kappa shape index (κ3) is 1.70. The van der Waals surface area contributed by atoms with Gasteiger partial charge in [-0.25, -0.2) is 0 Å². The summed E-state index contributed by atoms with van der Waals surface area (Å²) in [6, 6.07) is 7.30. The molecule has 1 aromatic carbocycles. The molecule has 1 saturated carbocycles. The summed E-state index contributed by atoms with van der Waals surface area (Å²) in [6.45, 7) is 0. The van der Waals surface area contributed by atoms with Crippen LogP contribution in [0.1, 0.15) is 18.4 Å². The molecule has 3 N–H and O–H groups in total. The molecule has 86 valence electrons. The molecule has 1 atom stereocenters. The lowest BCUT2D eigenvalue weighted by Gasteiger charge is -2.31. The number of hydrogen-bond donors (Lipinski definition) is 2. The zero-order valence-electron chi connectivity index (χ0n) is 9.16. The van der Waals surface area contributed by atoms with Crippen LogP contribution in [0.5, 0.6) is 0 Å². The summed E-state index contributed by atoms with van der Waals surface area (Å²) in [6.07, 6.45) is 2.07. The number of amides is 1. The highest BCUT2D eigenvalue weighted by molar-refractivity contribution is 6.30. The SMILES string of the molecule is CNC(C(N)=O)(c1ccc(Cl)cc1)C1CC1. The Kier molecular flexibility index (Phi) is 2.91. The smallest absolute Gasteiger partial charge is 0.242 e. The average molecular weight is 239 g/mol. The molecule has 0 radical (unpaired) electrons. The Morgan fingerprint density at radius 3 is 2.38 bits per heavy atom. The van der Waals surface area contributed by atoms with Gasteiger partial charge in [0.15, 0.2) is 0 Å². The largest absolute Gasteiger partial charge is 0.368 e. The minimum Gasteiger partial charge on any atom is -0.368 e. The van der Waals surface area contributed by atoms with Crippen molar-refractivity contribution in [2.75, 3.05) is 7.05 Å². The summed E-state index contributed by atoms with van der Waals surface area (Å²) in [5.41, 5.74) is 5.72. The fraction of sp³-hybridized carbons (Fsp3) is 0.417. The predicted molar refractivity (Wildman–Crippen MR) is 64.1 cm³/mol. The molecule has 1 amide bonds. The van der Waals surface area contributed by atoms with Crippen LogP contribution in [0.25, 0.3) is 0 Å². The van der Waals surface area contributed by atoms with E-state index in [0.29, 0.717) is 10.9 Å². The second-order valence-corrected chi connectivity index (χ2v) is 4.64. The van der Waals surface area contributed by atoms with E-state index in [0.717, 1.165) is 18.4 Å². The maximum atomic E-state index is 11.7. The quantitative estimate of drug-likeness (QED) is 0.838. The van der Waals surface area contributed by atoms with Gasteiger partial charge in [-0.3, -0.25) is 4.79 Å². The lowest BCUT2D eigenvalue weighted by atomic mass is 9.84. The Labute approximate surface area is 100.0 Å². The number of nitrogens with one attached hydrogen (secondary N) is 1. The van der Waals surface area contributed by atoms with Gasteiger partial charge in [0, 0.05) is 5.02 Å². The number of carbonyl (C=O) groups is 1. The van der Waals surface area contributed by atoms with Crippen molar-refractivity contribution in [2.24, 2.45) is 11.7 Å². The molecule has 1 fully saturated rings. The van der Waals surface area contributed by atoms with E-state index in [4.69, 9.17) is 17.3 Å². The Morgan fingerprint density at radius 1 is 1.44 bits per heavy atom. The minimum atomic E-state index is -0.732. The number of primary amides is 1. The van der Waals surface area contributed by atoms with E-state index in [1.807, 2.05) is 12.1 Å². The molecule has 3 nitrogen and oxygen atoms in total. The first-order valence-electron chi connectivity index (χ1n) is 5.36. The Bertz CT molecular complexity index is 400. The van der Waals surface area contributed by atoms with Crippen molar-refractivity contribution in [3.63, 3.8) is 0 Å². The first-order chi connectivity index (χ1) is 7.61. The highest BCUT2D eigenvalue weighted by atomic mass is 35.5. The number of benzene rings is 1. The van der Waals surface area contributed by atoms with Gasteiger partial charge >= 0.3 is 0 Å². The predicted octanol–water partition coefficient (Wildman–Crippen LogP) is 1.65. The molecule has 2 rings (SSSR count). The molecule has 0 bridgehead atoms. The van der Waals surface area contributed by atoms with Gasteiger partial charge in [-0.1, -0.05) is 23.7 Å². The van der Waals surface area contributed by atoms with E-state index in [1.165, 1.54) is 0 Å². The molecule has 0 saturated heterocycles. The van der Waals surface area contributed by atoms with Crippen molar-refractivity contribution in [1.29, 1.82) is 0 Å². The maximum Gasteiger partial charge on any atom is 0.242 e. The molecule has 0 aromatic heterocycles. The van der Waals surface area contributed by atoms with Crippen molar-refractivity contribution in [3.8, 4) is 0 Å². The zero-order valence-corrected chi connectivity index (χ0v) is 9.92. The fourth-order valence-corrected chi connectivity index (χ4v) is 2.41. The molecule has 0 spiro atoms. The van der Waals surface area contributed by atoms with Crippen molar-refractivity contribution >= 4 is 17.5 Å². The second kappa shape index (κ2) is 4.07. The summed E-state index contributed by atoms with van der Waals surface area (Å²) in [5.74, 6) is -0.0176. The van der Waals surface area contributed by atoms with Crippen LogP contribution >= 0.6 is 11.6 Å². The van der Waals surface area contributed by atoms with Gasteiger partial charge in [0.25, 0.3) is 0 Å². The number of rotatable bonds is 4. The van der Waals surface area contributed by atoms with Crippen LogP contribution in [0.4, 0.5) is 0 Å². The van der Waals surface area contributed by atoms with Gasteiger partial charge in [-0.2, -0.15) is 0 Å². The summed E-state index contributed by atoms with van der Waals surface area (Å²) in [4.78, 5) is 11.7. The van der Waals surface area contributed by atoms with E-state index in [-0.39, 0.29) is 5.91 Å². The van der Waals surface area contributed by atoms with Crippen molar-refractivity contribution in [2.45, 2.75) is 18.4 Å². The van der Waals surface area contributed by atoms with Crippen molar-refractivity contribution in [1.82, 2.24) is 5.32 Å². The zero-order chi connectivity index (χ0) is 11.8. The molecule has 0 heterocycles. The Hall–Kier alpha value is -1.06. The van der Waals surface area contributed by atoms with Crippen LogP contribution in [0.15, 0.2) is 24.3 Å². The third-order valence-corrected chi connectivity index (χ3v) is 3.52. The van der Waals surface area contributed by atoms with E-state index in [1.54, 1.807) is 19.2 Å². The van der Waals surface area contributed by atoms with Gasteiger partial charge in [0.1, 0.15) is 5.54 Å². The third-order valence-electron chi connectivity index (χ3n) is 3.27. The number of likely N-dealkylation sites (N-methyl/N-ethyl adjacent to an activating group) is 1. The molecule has 1 unspecified atom stereocenters. The molecule has 1 aliphatic rings. The van der Waals surface area contributed by atoms with Crippen LogP contribution in [0.3, 0.4) is 0 Å². The van der Waals surface area contributed by atoms with E-state index < -0.39 is 5.54 Å². The summed E-state index contributed by atoms with van der Waals surface area (Å²) >= 11 is 5.84. The molecular formula is C12H15ClN2O. The molecule has 1 aromatic rings. The topological polar surface area (TPSA) is 55.1 Å². The molecule has 16 heavy (non-hydrogen) atoms. The van der Waals surface area contributed by atoms with Crippen LogP contribution < -0.4 is 11.1 Å². The summed E-state index contributed by atoms with van der Waals surface area (Å²) in [7, 11) is 1.78. The molecule has 1 aliphatic carbocycles. The number of nitrogens with two attached hydrogens (primary N) is 1. The van der Waals surface area contributed by atoms with Crippen LogP contribution in [-0.2, 0) is 10.3 Å². The maximum absolute atomic E-state index is 11.7. The van der Waals surface area contributed by atoms with E-state index >= 15 is 0 Å². The van der Waals surface area contributed by atoms with Gasteiger partial charge in [0.05, 0.1) is 0 Å². The van der Waals surface area contributed by atoms with Gasteiger partial charge in [-0.05, 0) is 43.5 Å². The molecule has 0 aliphatic heterocycles. The minimum absolute atomic E-state index is 0.302. The highest BCUT2D eigenvalue weighted by Gasteiger charge is 2.50. The van der Waals surface area contributed by atoms with Gasteiger partial charge in [-0.15, -0.1) is 0 Å². The lowest BCUT2D eigenvalue weighted by Crippen LogP contribution is -2.53. The van der Waals surface area contributed by atoms with Gasteiger partial charge < -0.3 is 11.1 Å². The van der Waals surface area contributed by atoms with Crippen molar-refractivity contribution < 1.29 is 4.79 Å². The fourth-order valence-electron chi connectivity index (χ4n) is 2.28. The average Bonchev–Trinajstić information content (AvgIpc) is 3.06. The van der Waals surface area contributed by atoms with Crippen molar-refractivity contribution in [3.05, 3.63) is 34.9 Å². The van der Waals surface area contributed by atoms with Crippen LogP contribution in [-0.4, -0.2) is 13.0 Å². The lowest BCUT2D eigenvalue weighted by molar-refractivity contribution is -0.125. The molecular weight excluding hydrogens is 224 g/mol. The first-order valence-corrected chi connectivity index (χ1v) is 5.74. The summed E-state index contributed by atoms with van der Waals surface area (Å²) < 4.78 is 0. The van der Waals surface area contributed by atoms with E-state index in [2.05, 4.69) is 5.32 Å².